The lowest BCUT2D eigenvalue weighted by atomic mass is 9.89. The van der Waals surface area contributed by atoms with Gasteiger partial charge < -0.3 is 4.74 Å². The van der Waals surface area contributed by atoms with Crippen molar-refractivity contribution in [3.05, 3.63) is 77.9 Å². The van der Waals surface area contributed by atoms with Gasteiger partial charge in [-0.25, -0.2) is 9.18 Å². The fourth-order valence-corrected chi connectivity index (χ4v) is 2.97. The van der Waals surface area contributed by atoms with Gasteiger partial charge in [-0.1, -0.05) is 60.7 Å². The van der Waals surface area contributed by atoms with Crippen molar-refractivity contribution in [2.24, 2.45) is 0 Å². The number of alkyl halides is 1. The van der Waals surface area contributed by atoms with Gasteiger partial charge in [0.05, 0.1) is 0 Å². The van der Waals surface area contributed by atoms with Crippen molar-refractivity contribution in [1.82, 2.24) is 0 Å². The summed E-state index contributed by atoms with van der Waals surface area (Å²) in [5.74, 6) is -0.516. The van der Waals surface area contributed by atoms with Gasteiger partial charge in [-0.3, -0.25) is 0 Å². The summed E-state index contributed by atoms with van der Waals surface area (Å²) in [5.41, 5.74) is -1.03. The number of esters is 1. The van der Waals surface area contributed by atoms with Crippen LogP contribution >= 0.6 is 0 Å². The minimum atomic E-state index is -2.11. The quantitative estimate of drug-likeness (QED) is 0.523. The molecule has 0 aromatic heterocycles. The molecule has 1 unspecified atom stereocenters. The highest BCUT2D eigenvalue weighted by Gasteiger charge is 2.49. The molecule has 0 amide bonds. The van der Waals surface area contributed by atoms with Crippen molar-refractivity contribution in [2.75, 3.05) is 0 Å². The van der Waals surface area contributed by atoms with Crippen LogP contribution in [0.3, 0.4) is 0 Å². The van der Waals surface area contributed by atoms with Crippen LogP contribution in [0.1, 0.15) is 11.1 Å². The number of ether oxygens (including phenoxy) is 1. The summed E-state index contributed by atoms with van der Waals surface area (Å²) in [7, 11) is 0. The fourth-order valence-electron chi connectivity index (χ4n) is 2.97. The first kappa shape index (κ1) is 13.0. The Kier molecular flexibility index (Phi) is 2.76. The first-order chi connectivity index (χ1) is 10.7. The predicted octanol–water partition coefficient (Wildman–Crippen LogP) is 4.17. The number of halogens is 1. The van der Waals surface area contributed by atoms with Crippen LogP contribution in [0.15, 0.2) is 66.7 Å². The zero-order chi connectivity index (χ0) is 15.2. The molecule has 0 bridgehead atoms. The van der Waals surface area contributed by atoms with Crippen molar-refractivity contribution in [3.8, 4) is 5.75 Å². The van der Waals surface area contributed by atoms with Gasteiger partial charge in [-0.2, -0.15) is 0 Å². The molecular weight excluding hydrogens is 279 g/mol. The lowest BCUT2D eigenvalue weighted by molar-refractivity contribution is -0.144. The van der Waals surface area contributed by atoms with Crippen LogP contribution in [0.25, 0.3) is 10.8 Å². The van der Waals surface area contributed by atoms with E-state index in [2.05, 4.69) is 0 Å². The Morgan fingerprint density at radius 3 is 2.50 bits per heavy atom. The Balaban J connectivity index is 1.76. The highest BCUT2D eigenvalue weighted by atomic mass is 19.1. The molecule has 4 rings (SSSR count). The lowest BCUT2D eigenvalue weighted by Gasteiger charge is -2.16. The van der Waals surface area contributed by atoms with Crippen LogP contribution in [0, 0.1) is 0 Å². The van der Waals surface area contributed by atoms with Gasteiger partial charge in [0, 0.05) is 12.0 Å². The number of para-hydroxylation sites is 1. The van der Waals surface area contributed by atoms with Crippen LogP contribution in [0.2, 0.25) is 0 Å². The Morgan fingerprint density at radius 2 is 1.64 bits per heavy atom. The summed E-state index contributed by atoms with van der Waals surface area (Å²) in [6.07, 6.45) is -0.0202. The highest BCUT2D eigenvalue weighted by molar-refractivity contribution is 5.89. The van der Waals surface area contributed by atoms with Gasteiger partial charge in [-0.15, -0.1) is 0 Å². The molecule has 0 saturated heterocycles. The second-order valence-electron chi connectivity index (χ2n) is 5.55. The summed E-state index contributed by atoms with van der Waals surface area (Å²) in [6, 6.07) is 20.3. The van der Waals surface area contributed by atoms with Crippen LogP contribution in [0.4, 0.5) is 4.39 Å². The summed E-state index contributed by atoms with van der Waals surface area (Å²) in [4.78, 5) is 12.0. The Labute approximate surface area is 127 Å². The van der Waals surface area contributed by atoms with E-state index in [4.69, 9.17) is 4.74 Å². The third-order valence-electron chi connectivity index (χ3n) is 4.10. The van der Waals surface area contributed by atoms with Crippen molar-refractivity contribution < 1.29 is 13.9 Å². The van der Waals surface area contributed by atoms with E-state index in [0.29, 0.717) is 11.3 Å². The summed E-state index contributed by atoms with van der Waals surface area (Å²) in [5, 5.41) is 2.12. The van der Waals surface area contributed by atoms with Crippen LogP contribution in [-0.2, 0) is 16.9 Å². The molecule has 0 radical (unpaired) electrons. The molecule has 1 aliphatic heterocycles. The molecule has 22 heavy (non-hydrogen) atoms. The molecule has 1 aliphatic rings. The molecule has 0 spiro atoms. The number of hydrogen-bond acceptors (Lipinski definition) is 2. The molecule has 0 aliphatic carbocycles. The molecular formula is C19H13FO2. The summed E-state index contributed by atoms with van der Waals surface area (Å²) < 4.78 is 20.4. The van der Waals surface area contributed by atoms with E-state index in [1.54, 1.807) is 24.3 Å². The largest absolute Gasteiger partial charge is 0.423 e. The smallest absolute Gasteiger partial charge is 0.354 e. The minimum Gasteiger partial charge on any atom is -0.423 e. The molecule has 3 heteroatoms. The number of benzene rings is 3. The third-order valence-corrected chi connectivity index (χ3v) is 4.10. The van der Waals surface area contributed by atoms with Gasteiger partial charge in [0.15, 0.2) is 0 Å². The van der Waals surface area contributed by atoms with Crippen molar-refractivity contribution in [3.63, 3.8) is 0 Å². The van der Waals surface area contributed by atoms with Gasteiger partial charge in [-0.05, 0) is 22.4 Å². The molecule has 1 heterocycles. The van der Waals surface area contributed by atoms with E-state index in [-0.39, 0.29) is 6.42 Å². The van der Waals surface area contributed by atoms with Crippen LogP contribution < -0.4 is 4.74 Å². The predicted molar refractivity (Wildman–Crippen MR) is 82.5 cm³/mol. The maximum absolute atomic E-state index is 15.3. The van der Waals surface area contributed by atoms with E-state index in [9.17, 15) is 4.79 Å². The Bertz CT molecular complexity index is 887. The maximum atomic E-state index is 15.3. The van der Waals surface area contributed by atoms with Gasteiger partial charge >= 0.3 is 5.97 Å². The summed E-state index contributed by atoms with van der Waals surface area (Å²) in [6.45, 7) is 0. The second kappa shape index (κ2) is 4.67. The van der Waals surface area contributed by atoms with Crippen molar-refractivity contribution in [1.29, 1.82) is 0 Å². The third kappa shape index (κ3) is 1.90. The van der Waals surface area contributed by atoms with E-state index in [1.807, 2.05) is 42.5 Å². The van der Waals surface area contributed by atoms with E-state index >= 15 is 4.39 Å². The number of carbonyl (C=O) groups excluding carboxylic acids is 1. The summed E-state index contributed by atoms with van der Waals surface area (Å²) >= 11 is 0. The average molecular weight is 292 g/mol. The monoisotopic (exact) mass is 292 g/mol. The molecule has 2 nitrogen and oxygen atoms in total. The SMILES string of the molecule is O=C1Oc2ccccc2C1(F)Cc1ccc2ccccc2c1. The maximum Gasteiger partial charge on any atom is 0.354 e. The minimum absolute atomic E-state index is 0.0202. The van der Waals surface area contributed by atoms with Crippen molar-refractivity contribution >= 4 is 16.7 Å². The van der Waals surface area contributed by atoms with Crippen LogP contribution in [-0.4, -0.2) is 5.97 Å². The number of rotatable bonds is 2. The number of fused-ring (bicyclic) bond motifs is 2. The lowest BCUT2D eigenvalue weighted by Crippen LogP contribution is -2.31. The molecule has 108 valence electrons. The fraction of sp³-hybridized carbons (Fsp3) is 0.105. The van der Waals surface area contributed by atoms with Gasteiger partial charge in [0.25, 0.3) is 0 Å². The molecule has 0 saturated carbocycles. The van der Waals surface area contributed by atoms with Gasteiger partial charge in [0.2, 0.25) is 5.67 Å². The molecule has 1 atom stereocenters. The number of carbonyl (C=O) groups is 1. The number of hydrogen-bond donors (Lipinski definition) is 0. The zero-order valence-corrected chi connectivity index (χ0v) is 11.8. The molecule has 3 aromatic rings. The molecule has 0 fully saturated rings. The normalized spacial score (nSPS) is 20.0. The highest BCUT2D eigenvalue weighted by Crippen LogP contribution is 2.43. The topological polar surface area (TPSA) is 26.3 Å². The van der Waals surface area contributed by atoms with E-state index in [1.165, 1.54) is 0 Å². The van der Waals surface area contributed by atoms with Crippen LogP contribution in [0.5, 0.6) is 5.75 Å². The molecule has 3 aromatic carbocycles. The Morgan fingerprint density at radius 1 is 0.909 bits per heavy atom. The second-order valence-corrected chi connectivity index (χ2v) is 5.55. The standard InChI is InChI=1S/C19H13FO2/c20-19(16-7-3-4-8-17(16)22-18(19)21)12-13-9-10-14-5-1-2-6-15(14)11-13/h1-11H,12H2. The van der Waals surface area contributed by atoms with E-state index < -0.39 is 11.6 Å². The zero-order valence-electron chi connectivity index (χ0n) is 11.8. The average Bonchev–Trinajstić information content (AvgIpc) is 2.79. The first-order valence-corrected chi connectivity index (χ1v) is 7.15. The molecule has 0 N–H and O–H groups in total. The Hall–Kier alpha value is -2.68. The van der Waals surface area contributed by atoms with Crippen molar-refractivity contribution in [2.45, 2.75) is 12.1 Å². The first-order valence-electron chi connectivity index (χ1n) is 7.15. The van der Waals surface area contributed by atoms with Gasteiger partial charge in [0.1, 0.15) is 5.75 Å². The van der Waals surface area contributed by atoms with E-state index in [0.717, 1.165) is 16.3 Å².